The Hall–Kier alpha value is -2.48. The Morgan fingerprint density at radius 2 is 1.67 bits per heavy atom. The second-order valence-corrected chi connectivity index (χ2v) is 6.81. The molecule has 0 radical (unpaired) electrons. The van der Waals surface area contributed by atoms with Crippen LogP contribution in [0.4, 0.5) is 0 Å². The van der Waals surface area contributed by atoms with Gasteiger partial charge in [-0.15, -0.1) is 0 Å². The second kappa shape index (κ2) is 7.64. The topological polar surface area (TPSA) is 69.3 Å². The number of rotatable bonds is 6. The van der Waals surface area contributed by atoms with Crippen LogP contribution in [0.3, 0.4) is 0 Å². The lowest BCUT2D eigenvalue weighted by Crippen LogP contribution is -2.48. The molecule has 1 heterocycles. The van der Waals surface area contributed by atoms with E-state index in [1.807, 2.05) is 11.8 Å². The number of allylic oxidation sites excluding steroid dienone is 1. The fourth-order valence-corrected chi connectivity index (χ4v) is 3.82. The summed E-state index contributed by atoms with van der Waals surface area (Å²) in [6.07, 6.45) is 2.11. The predicted molar refractivity (Wildman–Crippen MR) is 104 cm³/mol. The Morgan fingerprint density at radius 3 is 2.19 bits per heavy atom. The lowest BCUT2D eigenvalue weighted by Gasteiger charge is -2.38. The molecule has 0 bridgehead atoms. The summed E-state index contributed by atoms with van der Waals surface area (Å²) in [5.41, 5.74) is 2.02. The third-order valence-corrected chi connectivity index (χ3v) is 5.21. The van der Waals surface area contributed by atoms with Crippen LogP contribution in [-0.4, -0.2) is 50.5 Å². The number of benzene rings is 1. The van der Waals surface area contributed by atoms with Crippen LogP contribution in [0.5, 0.6) is 17.2 Å². The number of thiocarbonyl (C=S) groups is 1. The molecule has 1 saturated carbocycles. The van der Waals surface area contributed by atoms with E-state index in [1.165, 1.54) is 7.11 Å². The largest absolute Gasteiger partial charge is 0.496 e. The van der Waals surface area contributed by atoms with Gasteiger partial charge in [-0.3, -0.25) is 0 Å². The van der Waals surface area contributed by atoms with Gasteiger partial charge in [0.15, 0.2) is 16.6 Å². The van der Waals surface area contributed by atoms with Crippen LogP contribution >= 0.6 is 12.2 Å². The van der Waals surface area contributed by atoms with Crippen molar-refractivity contribution in [2.45, 2.75) is 31.8 Å². The summed E-state index contributed by atoms with van der Waals surface area (Å²) in [5.74, 6) is 1.22. The average molecular weight is 392 g/mol. The highest BCUT2D eigenvalue weighted by Gasteiger charge is 2.41. The van der Waals surface area contributed by atoms with Gasteiger partial charge in [-0.05, 0) is 38.0 Å². The summed E-state index contributed by atoms with van der Waals surface area (Å²) in [4.78, 5) is 14.7. The summed E-state index contributed by atoms with van der Waals surface area (Å²) >= 11 is 5.59. The van der Waals surface area contributed by atoms with Gasteiger partial charge in [0, 0.05) is 23.4 Å². The van der Waals surface area contributed by atoms with E-state index in [2.05, 4.69) is 5.32 Å². The zero-order chi connectivity index (χ0) is 19.7. The Bertz CT molecular complexity index is 804. The van der Waals surface area contributed by atoms with Gasteiger partial charge in [0.05, 0.1) is 40.1 Å². The molecule has 0 saturated heterocycles. The number of methoxy groups -OCH3 is 4. The number of carbonyl (C=O) groups excluding carboxylic acids is 1. The second-order valence-electron chi connectivity index (χ2n) is 6.42. The Labute approximate surface area is 164 Å². The first-order valence-electron chi connectivity index (χ1n) is 8.65. The lowest BCUT2D eigenvalue weighted by molar-refractivity contribution is -0.136. The first-order valence-corrected chi connectivity index (χ1v) is 9.06. The van der Waals surface area contributed by atoms with E-state index in [0.717, 1.165) is 18.5 Å². The molecule has 1 fully saturated rings. The molecule has 1 aliphatic heterocycles. The monoisotopic (exact) mass is 392 g/mol. The summed E-state index contributed by atoms with van der Waals surface area (Å²) in [6.45, 7) is 1.90. The van der Waals surface area contributed by atoms with Gasteiger partial charge in [-0.2, -0.15) is 0 Å². The highest BCUT2D eigenvalue weighted by atomic mass is 32.1. The molecular weight excluding hydrogens is 368 g/mol. The van der Waals surface area contributed by atoms with Crippen molar-refractivity contribution in [3.63, 3.8) is 0 Å². The van der Waals surface area contributed by atoms with Gasteiger partial charge < -0.3 is 29.2 Å². The number of esters is 1. The number of nitrogens with one attached hydrogen (secondary N) is 1. The lowest BCUT2D eigenvalue weighted by atomic mass is 9.93. The maximum absolute atomic E-state index is 12.6. The molecule has 8 heteroatoms. The molecule has 1 N–H and O–H groups in total. The number of carbonyl (C=O) groups is 1. The van der Waals surface area contributed by atoms with Gasteiger partial charge in [0.1, 0.15) is 5.75 Å². The highest BCUT2D eigenvalue weighted by molar-refractivity contribution is 7.80. The minimum absolute atomic E-state index is 0.331. The Morgan fingerprint density at radius 1 is 1.07 bits per heavy atom. The smallest absolute Gasteiger partial charge is 0.337 e. The maximum atomic E-state index is 12.6. The number of nitrogens with zero attached hydrogens (tertiary/aromatic N) is 1. The van der Waals surface area contributed by atoms with Crippen molar-refractivity contribution in [1.82, 2.24) is 10.2 Å². The summed E-state index contributed by atoms with van der Waals surface area (Å²) in [5, 5.41) is 3.87. The molecule has 1 atom stereocenters. The molecule has 2 aliphatic rings. The van der Waals surface area contributed by atoms with E-state index in [4.69, 9.17) is 31.2 Å². The van der Waals surface area contributed by atoms with E-state index < -0.39 is 12.0 Å². The van der Waals surface area contributed by atoms with Crippen LogP contribution in [0.25, 0.3) is 0 Å². The van der Waals surface area contributed by atoms with Crippen LogP contribution in [0.2, 0.25) is 0 Å². The molecule has 1 aromatic carbocycles. The first-order chi connectivity index (χ1) is 13.0. The highest BCUT2D eigenvalue weighted by Crippen LogP contribution is 2.43. The zero-order valence-corrected chi connectivity index (χ0v) is 16.9. The molecule has 1 unspecified atom stereocenters. The van der Waals surface area contributed by atoms with Crippen LogP contribution in [-0.2, 0) is 9.53 Å². The molecule has 3 rings (SSSR count). The minimum Gasteiger partial charge on any atom is -0.496 e. The number of hydrogen-bond acceptors (Lipinski definition) is 6. The van der Waals surface area contributed by atoms with Gasteiger partial charge in [-0.1, -0.05) is 0 Å². The molecule has 1 aliphatic carbocycles. The van der Waals surface area contributed by atoms with Crippen LogP contribution in [0, 0.1) is 0 Å². The quantitative estimate of drug-likeness (QED) is 0.585. The molecule has 0 amide bonds. The van der Waals surface area contributed by atoms with Crippen molar-refractivity contribution in [3.05, 3.63) is 29.0 Å². The molecule has 1 aromatic rings. The summed E-state index contributed by atoms with van der Waals surface area (Å²) < 4.78 is 21.4. The standard InChI is InChI=1S/C19H24N2O5S/c1-10-16(18(22)26-5)17(20-19(27)21(10)11-6-7-11)12-8-14(24-3)15(25-4)9-13(12)23-2/h8-9,11,17H,6-7H2,1-5H3,(H,20,27). The van der Waals surface area contributed by atoms with Crippen molar-refractivity contribution < 1.29 is 23.7 Å². The van der Waals surface area contributed by atoms with Crippen molar-refractivity contribution in [3.8, 4) is 17.2 Å². The van der Waals surface area contributed by atoms with E-state index in [0.29, 0.717) is 39.5 Å². The van der Waals surface area contributed by atoms with Gasteiger partial charge in [-0.25, -0.2) is 4.79 Å². The zero-order valence-electron chi connectivity index (χ0n) is 16.1. The fraction of sp³-hybridized carbons (Fsp3) is 0.474. The molecule has 27 heavy (non-hydrogen) atoms. The first kappa shape index (κ1) is 19.3. The summed E-state index contributed by atoms with van der Waals surface area (Å²) in [6, 6.07) is 3.34. The number of ether oxygens (including phenoxy) is 4. The van der Waals surface area contributed by atoms with Crippen LogP contribution in [0.1, 0.15) is 31.4 Å². The van der Waals surface area contributed by atoms with Crippen molar-refractivity contribution in [2.75, 3.05) is 28.4 Å². The van der Waals surface area contributed by atoms with E-state index in [-0.39, 0.29) is 0 Å². The molecular formula is C19H24N2O5S. The minimum atomic E-state index is -0.519. The van der Waals surface area contributed by atoms with Gasteiger partial charge in [0.25, 0.3) is 0 Å². The van der Waals surface area contributed by atoms with E-state index in [1.54, 1.807) is 33.5 Å². The molecule has 0 aromatic heterocycles. The van der Waals surface area contributed by atoms with Crippen molar-refractivity contribution in [2.24, 2.45) is 0 Å². The summed E-state index contributed by atoms with van der Waals surface area (Å²) in [7, 11) is 6.06. The van der Waals surface area contributed by atoms with Crippen LogP contribution in [0.15, 0.2) is 23.4 Å². The SMILES string of the molecule is COC(=O)C1=C(C)N(C2CC2)C(=S)NC1c1cc(OC)c(OC)cc1OC. The number of hydrogen-bond donors (Lipinski definition) is 1. The maximum Gasteiger partial charge on any atom is 0.337 e. The third kappa shape index (κ3) is 3.41. The normalized spacial score (nSPS) is 19.5. The fourth-order valence-electron chi connectivity index (χ4n) is 3.42. The van der Waals surface area contributed by atoms with E-state index in [9.17, 15) is 4.79 Å². The van der Waals surface area contributed by atoms with Crippen molar-refractivity contribution >= 4 is 23.3 Å². The van der Waals surface area contributed by atoms with Crippen LogP contribution < -0.4 is 19.5 Å². The van der Waals surface area contributed by atoms with Gasteiger partial charge >= 0.3 is 5.97 Å². The molecule has 7 nitrogen and oxygen atoms in total. The van der Waals surface area contributed by atoms with Crippen molar-refractivity contribution in [1.29, 1.82) is 0 Å². The molecule has 0 spiro atoms. The third-order valence-electron chi connectivity index (χ3n) is 4.89. The Balaban J connectivity index is 2.16. The van der Waals surface area contributed by atoms with Gasteiger partial charge in [0.2, 0.25) is 0 Å². The molecule has 146 valence electrons. The predicted octanol–water partition coefficient (Wildman–Crippen LogP) is 2.55. The van der Waals surface area contributed by atoms with E-state index >= 15 is 0 Å². The average Bonchev–Trinajstić information content (AvgIpc) is 3.50. The Kier molecular flexibility index (Phi) is 5.46.